The number of hydrogen-bond acceptors (Lipinski definition) is 2. The minimum absolute atomic E-state index is 0.424. The van der Waals surface area contributed by atoms with Gasteiger partial charge in [0.2, 0.25) is 0 Å². The standard InChI is InChI=1S/C11H23NS/c1-10(2,3)11(4-7-12)5-8-13-9-6-11/h4-9,12H2,1-3H3. The minimum atomic E-state index is 0.424. The Labute approximate surface area is 86.8 Å². The molecule has 0 aromatic carbocycles. The summed E-state index contributed by atoms with van der Waals surface area (Å²) in [5.74, 6) is 2.66. The Hall–Kier alpha value is 0.310. The van der Waals surface area contributed by atoms with Crippen LogP contribution in [0.1, 0.15) is 40.0 Å². The zero-order valence-electron chi connectivity index (χ0n) is 9.23. The van der Waals surface area contributed by atoms with Gasteiger partial charge in [0.25, 0.3) is 0 Å². The van der Waals surface area contributed by atoms with Crippen LogP contribution in [-0.2, 0) is 0 Å². The Morgan fingerprint density at radius 2 is 1.77 bits per heavy atom. The monoisotopic (exact) mass is 201 g/mol. The molecule has 1 saturated heterocycles. The van der Waals surface area contributed by atoms with E-state index in [1.165, 1.54) is 30.8 Å². The molecule has 13 heavy (non-hydrogen) atoms. The molecule has 2 heteroatoms. The fourth-order valence-corrected chi connectivity index (χ4v) is 3.69. The van der Waals surface area contributed by atoms with E-state index in [1.54, 1.807) is 0 Å². The molecule has 0 radical (unpaired) electrons. The van der Waals surface area contributed by atoms with Crippen molar-refractivity contribution in [1.29, 1.82) is 0 Å². The molecule has 1 aliphatic rings. The summed E-state index contributed by atoms with van der Waals surface area (Å²) in [7, 11) is 0. The van der Waals surface area contributed by atoms with Crippen LogP contribution in [-0.4, -0.2) is 18.1 Å². The van der Waals surface area contributed by atoms with Gasteiger partial charge in [0.05, 0.1) is 0 Å². The van der Waals surface area contributed by atoms with Gasteiger partial charge in [0, 0.05) is 0 Å². The summed E-state index contributed by atoms with van der Waals surface area (Å²) >= 11 is 2.10. The lowest BCUT2D eigenvalue weighted by molar-refractivity contribution is 0.0660. The molecule has 0 aromatic heterocycles. The highest BCUT2D eigenvalue weighted by Gasteiger charge is 2.41. The number of rotatable bonds is 2. The first-order valence-electron chi connectivity index (χ1n) is 5.30. The molecule has 1 heterocycles. The highest BCUT2D eigenvalue weighted by atomic mass is 32.2. The van der Waals surface area contributed by atoms with E-state index in [9.17, 15) is 0 Å². The third-order valence-electron chi connectivity index (χ3n) is 3.66. The maximum absolute atomic E-state index is 5.73. The van der Waals surface area contributed by atoms with Crippen molar-refractivity contribution in [3.05, 3.63) is 0 Å². The van der Waals surface area contributed by atoms with Crippen molar-refractivity contribution >= 4 is 11.8 Å². The molecule has 1 aliphatic heterocycles. The predicted octanol–water partition coefficient (Wildman–Crippen LogP) is 2.89. The van der Waals surface area contributed by atoms with Crippen LogP contribution in [0.2, 0.25) is 0 Å². The Kier molecular flexibility index (Phi) is 3.70. The fraction of sp³-hybridized carbons (Fsp3) is 1.00. The molecule has 0 aromatic rings. The van der Waals surface area contributed by atoms with E-state index < -0.39 is 0 Å². The normalized spacial score (nSPS) is 23.1. The summed E-state index contributed by atoms with van der Waals surface area (Å²) < 4.78 is 0. The van der Waals surface area contributed by atoms with Crippen LogP contribution in [0.4, 0.5) is 0 Å². The lowest BCUT2D eigenvalue weighted by Gasteiger charge is -2.47. The van der Waals surface area contributed by atoms with Gasteiger partial charge in [-0.1, -0.05) is 20.8 Å². The first-order chi connectivity index (χ1) is 6.02. The molecule has 0 spiro atoms. The van der Waals surface area contributed by atoms with Crippen LogP contribution in [0.3, 0.4) is 0 Å². The van der Waals surface area contributed by atoms with Gasteiger partial charge in [-0.3, -0.25) is 0 Å². The van der Waals surface area contributed by atoms with Crippen LogP contribution >= 0.6 is 11.8 Å². The summed E-state index contributed by atoms with van der Waals surface area (Å²) in [6.07, 6.45) is 3.92. The molecular formula is C11H23NS. The largest absolute Gasteiger partial charge is 0.330 e. The molecule has 0 amide bonds. The van der Waals surface area contributed by atoms with E-state index in [4.69, 9.17) is 5.73 Å². The predicted molar refractivity (Wildman–Crippen MR) is 62.1 cm³/mol. The molecule has 1 rings (SSSR count). The molecule has 0 saturated carbocycles. The quantitative estimate of drug-likeness (QED) is 0.743. The van der Waals surface area contributed by atoms with Gasteiger partial charge in [-0.2, -0.15) is 11.8 Å². The molecular weight excluding hydrogens is 178 g/mol. The average molecular weight is 201 g/mol. The van der Waals surface area contributed by atoms with Gasteiger partial charge >= 0.3 is 0 Å². The van der Waals surface area contributed by atoms with Crippen molar-refractivity contribution < 1.29 is 0 Å². The van der Waals surface area contributed by atoms with E-state index in [1.807, 2.05) is 0 Å². The molecule has 0 aliphatic carbocycles. The first kappa shape index (κ1) is 11.4. The second kappa shape index (κ2) is 4.22. The zero-order valence-corrected chi connectivity index (χ0v) is 10.0. The summed E-state index contributed by atoms with van der Waals surface area (Å²) in [6.45, 7) is 7.97. The molecule has 2 N–H and O–H groups in total. The zero-order chi connectivity index (χ0) is 9.95. The van der Waals surface area contributed by atoms with E-state index in [-0.39, 0.29) is 0 Å². The number of hydrogen-bond donors (Lipinski definition) is 1. The smallest absolute Gasteiger partial charge is 0.00620 e. The van der Waals surface area contributed by atoms with Crippen molar-refractivity contribution in [3.8, 4) is 0 Å². The molecule has 1 nitrogen and oxygen atoms in total. The van der Waals surface area contributed by atoms with Crippen molar-refractivity contribution in [2.45, 2.75) is 40.0 Å². The van der Waals surface area contributed by atoms with Crippen LogP contribution in [0.25, 0.3) is 0 Å². The van der Waals surface area contributed by atoms with Gasteiger partial charge in [0.15, 0.2) is 0 Å². The van der Waals surface area contributed by atoms with Crippen LogP contribution in [0.5, 0.6) is 0 Å². The van der Waals surface area contributed by atoms with E-state index in [0.717, 1.165) is 6.54 Å². The Balaban J connectivity index is 2.73. The molecule has 0 atom stereocenters. The summed E-state index contributed by atoms with van der Waals surface area (Å²) in [5.41, 5.74) is 6.68. The van der Waals surface area contributed by atoms with Crippen LogP contribution in [0.15, 0.2) is 0 Å². The van der Waals surface area contributed by atoms with Gasteiger partial charge in [0.1, 0.15) is 0 Å². The van der Waals surface area contributed by atoms with Crippen molar-refractivity contribution in [3.63, 3.8) is 0 Å². The molecule has 0 bridgehead atoms. The van der Waals surface area contributed by atoms with Crippen LogP contribution < -0.4 is 5.73 Å². The second-order valence-electron chi connectivity index (χ2n) is 5.18. The minimum Gasteiger partial charge on any atom is -0.330 e. The number of nitrogens with two attached hydrogens (primary N) is 1. The van der Waals surface area contributed by atoms with E-state index in [0.29, 0.717) is 10.8 Å². The molecule has 1 fully saturated rings. The van der Waals surface area contributed by atoms with Crippen molar-refractivity contribution in [2.24, 2.45) is 16.6 Å². The van der Waals surface area contributed by atoms with Gasteiger partial charge < -0.3 is 5.73 Å². The highest BCUT2D eigenvalue weighted by Crippen LogP contribution is 2.50. The topological polar surface area (TPSA) is 26.0 Å². The Morgan fingerprint density at radius 3 is 2.15 bits per heavy atom. The maximum atomic E-state index is 5.73. The summed E-state index contributed by atoms with van der Waals surface area (Å²) in [6, 6.07) is 0. The SMILES string of the molecule is CC(C)(C)C1(CCN)CCSCC1. The van der Waals surface area contributed by atoms with E-state index in [2.05, 4.69) is 32.5 Å². The van der Waals surface area contributed by atoms with Gasteiger partial charge in [-0.15, -0.1) is 0 Å². The Morgan fingerprint density at radius 1 is 1.23 bits per heavy atom. The van der Waals surface area contributed by atoms with Crippen molar-refractivity contribution in [2.75, 3.05) is 18.1 Å². The third-order valence-corrected chi connectivity index (χ3v) is 4.65. The molecule has 0 unspecified atom stereocenters. The fourth-order valence-electron chi connectivity index (χ4n) is 2.41. The first-order valence-corrected chi connectivity index (χ1v) is 6.45. The highest BCUT2D eigenvalue weighted by molar-refractivity contribution is 7.99. The second-order valence-corrected chi connectivity index (χ2v) is 6.41. The average Bonchev–Trinajstić information content (AvgIpc) is 2.04. The third kappa shape index (κ3) is 2.41. The van der Waals surface area contributed by atoms with Gasteiger partial charge in [-0.05, 0) is 48.1 Å². The lowest BCUT2D eigenvalue weighted by Crippen LogP contribution is -2.40. The summed E-state index contributed by atoms with van der Waals surface area (Å²) in [4.78, 5) is 0. The van der Waals surface area contributed by atoms with Crippen LogP contribution in [0, 0.1) is 10.8 Å². The lowest BCUT2D eigenvalue weighted by atomic mass is 9.61. The number of thioether (sulfide) groups is 1. The van der Waals surface area contributed by atoms with E-state index >= 15 is 0 Å². The maximum Gasteiger partial charge on any atom is -0.00620 e. The van der Waals surface area contributed by atoms with Gasteiger partial charge in [-0.25, -0.2) is 0 Å². The Bertz CT molecular complexity index is 148. The molecule has 78 valence electrons. The summed E-state index contributed by atoms with van der Waals surface area (Å²) in [5, 5.41) is 0. The van der Waals surface area contributed by atoms with Crippen molar-refractivity contribution in [1.82, 2.24) is 0 Å².